The highest BCUT2D eigenvalue weighted by Gasteiger charge is 2.41. The Morgan fingerprint density at radius 1 is 1.03 bits per heavy atom. The van der Waals surface area contributed by atoms with E-state index in [1.54, 1.807) is 9.80 Å². The van der Waals surface area contributed by atoms with Gasteiger partial charge >= 0.3 is 12.2 Å². The normalized spacial score (nSPS) is 20.9. The minimum Gasteiger partial charge on any atom is -0.445 e. The molecule has 2 fully saturated rings. The highest BCUT2D eigenvalue weighted by Crippen LogP contribution is 2.23. The number of alkyl halides is 1. The van der Waals surface area contributed by atoms with Crippen molar-refractivity contribution >= 4 is 12.2 Å². The topological polar surface area (TPSA) is 62.3 Å². The molecule has 0 spiro atoms. The molecule has 3 rings (SSSR count). The average molecular weight is 407 g/mol. The number of hydrogen-bond acceptors (Lipinski definition) is 5. The molecular weight excluding hydrogens is 377 g/mol. The van der Waals surface area contributed by atoms with Crippen LogP contribution in [0.1, 0.15) is 26.3 Å². The van der Waals surface area contributed by atoms with Crippen molar-refractivity contribution in [3.05, 3.63) is 35.9 Å². The van der Waals surface area contributed by atoms with Gasteiger partial charge in [0.25, 0.3) is 0 Å². The Morgan fingerprint density at radius 2 is 1.72 bits per heavy atom. The molecule has 2 aliphatic heterocycles. The largest absolute Gasteiger partial charge is 0.445 e. The van der Waals surface area contributed by atoms with Crippen LogP contribution >= 0.6 is 0 Å². The molecule has 0 saturated carbocycles. The fraction of sp³-hybridized carbons (Fsp3) is 0.619. The molecule has 0 aromatic heterocycles. The van der Waals surface area contributed by atoms with Gasteiger partial charge in [0.15, 0.2) is 0 Å². The summed E-state index contributed by atoms with van der Waals surface area (Å²) in [6.45, 7) is 7.49. The van der Waals surface area contributed by atoms with E-state index in [0.717, 1.165) is 5.56 Å². The third kappa shape index (κ3) is 5.59. The first-order chi connectivity index (χ1) is 13.8. The van der Waals surface area contributed by atoms with Gasteiger partial charge in [0, 0.05) is 38.8 Å². The minimum atomic E-state index is -0.575. The van der Waals surface area contributed by atoms with Crippen LogP contribution in [0.15, 0.2) is 30.3 Å². The Kier molecular flexibility index (Phi) is 6.62. The Hall–Kier alpha value is -2.35. The van der Waals surface area contributed by atoms with Gasteiger partial charge in [0.2, 0.25) is 0 Å². The maximum Gasteiger partial charge on any atom is 0.410 e. The molecule has 1 atom stereocenters. The molecule has 0 radical (unpaired) electrons. The molecule has 29 heavy (non-hydrogen) atoms. The summed E-state index contributed by atoms with van der Waals surface area (Å²) in [6.07, 6.45) is -0.760. The van der Waals surface area contributed by atoms with Gasteiger partial charge in [-0.1, -0.05) is 30.3 Å². The smallest absolute Gasteiger partial charge is 0.410 e. The Bertz CT molecular complexity index is 704. The molecule has 160 valence electrons. The molecule has 1 aromatic rings. The van der Waals surface area contributed by atoms with Gasteiger partial charge in [-0.15, -0.1) is 0 Å². The van der Waals surface area contributed by atoms with E-state index in [1.165, 1.54) is 0 Å². The number of likely N-dealkylation sites (tertiary alicyclic amines) is 1. The van der Waals surface area contributed by atoms with Crippen LogP contribution in [0.25, 0.3) is 0 Å². The van der Waals surface area contributed by atoms with Crippen molar-refractivity contribution in [2.75, 3.05) is 39.4 Å². The van der Waals surface area contributed by atoms with Crippen LogP contribution in [0.2, 0.25) is 0 Å². The van der Waals surface area contributed by atoms with Crippen LogP contribution in [-0.4, -0.2) is 84.0 Å². The second-order valence-electron chi connectivity index (χ2n) is 8.57. The predicted molar refractivity (Wildman–Crippen MR) is 106 cm³/mol. The molecule has 0 unspecified atom stereocenters. The van der Waals surface area contributed by atoms with E-state index in [2.05, 4.69) is 4.90 Å². The maximum atomic E-state index is 13.7. The van der Waals surface area contributed by atoms with Gasteiger partial charge in [0.05, 0.1) is 6.04 Å². The fourth-order valence-electron chi connectivity index (χ4n) is 3.60. The standard InChI is InChI=1S/C21H30FN3O4/c1-21(2,3)29-20(27)23-9-10-25(17(11-22)12-23)18-13-24(14-18)19(26)28-15-16-7-5-4-6-8-16/h4-8,17-18H,9-15H2,1-3H3/t17-/m0/s1. The van der Waals surface area contributed by atoms with Crippen molar-refractivity contribution < 1.29 is 23.5 Å². The van der Waals surface area contributed by atoms with Crippen LogP contribution in [0.5, 0.6) is 0 Å². The number of carbonyl (C=O) groups excluding carboxylic acids is 2. The highest BCUT2D eigenvalue weighted by molar-refractivity contribution is 5.69. The number of ether oxygens (including phenoxy) is 2. The van der Waals surface area contributed by atoms with E-state index in [1.807, 2.05) is 51.1 Å². The Morgan fingerprint density at radius 3 is 2.34 bits per heavy atom. The van der Waals surface area contributed by atoms with Crippen molar-refractivity contribution in [3.63, 3.8) is 0 Å². The van der Waals surface area contributed by atoms with Crippen molar-refractivity contribution in [2.24, 2.45) is 0 Å². The predicted octanol–water partition coefficient (Wildman–Crippen LogP) is 2.90. The lowest BCUT2D eigenvalue weighted by Gasteiger charge is -2.50. The minimum absolute atomic E-state index is 0.0841. The Balaban J connectivity index is 1.45. The number of nitrogens with zero attached hydrogens (tertiary/aromatic N) is 3. The van der Waals surface area contributed by atoms with Crippen LogP contribution in [-0.2, 0) is 16.1 Å². The molecule has 2 amide bonds. The van der Waals surface area contributed by atoms with Crippen molar-refractivity contribution in [3.8, 4) is 0 Å². The van der Waals surface area contributed by atoms with Crippen LogP contribution in [0, 0.1) is 0 Å². The lowest BCUT2D eigenvalue weighted by atomic mass is 10.0. The number of benzene rings is 1. The molecule has 7 nitrogen and oxygen atoms in total. The quantitative estimate of drug-likeness (QED) is 0.768. The number of piperazine rings is 1. The van der Waals surface area contributed by atoms with Crippen molar-refractivity contribution in [1.29, 1.82) is 0 Å². The summed E-state index contributed by atoms with van der Waals surface area (Å²) in [4.78, 5) is 29.7. The fourth-order valence-corrected chi connectivity index (χ4v) is 3.60. The summed E-state index contributed by atoms with van der Waals surface area (Å²) in [5.41, 5.74) is 0.363. The molecule has 2 saturated heterocycles. The number of amides is 2. The molecule has 2 heterocycles. The average Bonchev–Trinajstić information content (AvgIpc) is 2.64. The third-order valence-electron chi connectivity index (χ3n) is 5.15. The molecule has 0 aliphatic carbocycles. The summed E-state index contributed by atoms with van der Waals surface area (Å²) in [7, 11) is 0. The molecule has 1 aromatic carbocycles. The first-order valence-corrected chi connectivity index (χ1v) is 10.0. The first kappa shape index (κ1) is 21.4. The van der Waals surface area contributed by atoms with Gasteiger partial charge in [-0.2, -0.15) is 0 Å². The van der Waals surface area contributed by atoms with Crippen LogP contribution in [0.3, 0.4) is 0 Å². The van der Waals surface area contributed by atoms with E-state index in [4.69, 9.17) is 9.47 Å². The third-order valence-corrected chi connectivity index (χ3v) is 5.15. The first-order valence-electron chi connectivity index (χ1n) is 10.0. The zero-order chi connectivity index (χ0) is 21.0. The summed E-state index contributed by atoms with van der Waals surface area (Å²) in [5, 5.41) is 0. The van der Waals surface area contributed by atoms with E-state index in [-0.39, 0.29) is 24.8 Å². The summed E-state index contributed by atoms with van der Waals surface area (Å²) in [6, 6.07) is 9.22. The van der Waals surface area contributed by atoms with Gasteiger partial charge in [-0.25, -0.2) is 14.0 Å². The SMILES string of the molecule is CC(C)(C)OC(=O)N1CCN(C2CN(C(=O)OCc3ccccc3)C2)[C@@H](CF)C1. The monoisotopic (exact) mass is 407 g/mol. The lowest BCUT2D eigenvalue weighted by Crippen LogP contribution is -2.68. The molecule has 0 bridgehead atoms. The van der Waals surface area contributed by atoms with Crippen molar-refractivity contribution in [2.45, 2.75) is 45.1 Å². The van der Waals surface area contributed by atoms with Gasteiger partial charge in [0.1, 0.15) is 18.9 Å². The Labute approximate surface area is 171 Å². The van der Waals surface area contributed by atoms with Gasteiger partial charge in [-0.05, 0) is 26.3 Å². The van der Waals surface area contributed by atoms with E-state index in [9.17, 15) is 14.0 Å². The maximum absolute atomic E-state index is 13.7. The van der Waals surface area contributed by atoms with Crippen LogP contribution in [0.4, 0.5) is 14.0 Å². The highest BCUT2D eigenvalue weighted by atomic mass is 19.1. The number of halogens is 1. The molecule has 2 aliphatic rings. The van der Waals surface area contributed by atoms with Gasteiger partial charge in [-0.3, -0.25) is 4.90 Å². The lowest BCUT2D eigenvalue weighted by molar-refractivity contribution is -0.0408. The van der Waals surface area contributed by atoms with E-state index < -0.39 is 18.4 Å². The van der Waals surface area contributed by atoms with Crippen molar-refractivity contribution in [1.82, 2.24) is 14.7 Å². The summed E-state index contributed by atoms with van der Waals surface area (Å²) >= 11 is 0. The molecule has 8 heteroatoms. The second kappa shape index (κ2) is 8.98. The molecule has 0 N–H and O–H groups in total. The number of carbonyl (C=O) groups is 2. The second-order valence-corrected chi connectivity index (χ2v) is 8.57. The number of rotatable bonds is 4. The van der Waals surface area contributed by atoms with Crippen LogP contribution < -0.4 is 0 Å². The van der Waals surface area contributed by atoms with Gasteiger partial charge < -0.3 is 19.3 Å². The zero-order valence-electron chi connectivity index (χ0n) is 17.3. The molecular formula is C21H30FN3O4. The zero-order valence-corrected chi connectivity index (χ0v) is 17.3. The van der Waals surface area contributed by atoms with E-state index in [0.29, 0.717) is 32.7 Å². The number of hydrogen-bond donors (Lipinski definition) is 0. The summed E-state index contributed by atoms with van der Waals surface area (Å²) in [5.74, 6) is 0. The summed E-state index contributed by atoms with van der Waals surface area (Å²) < 4.78 is 24.4. The van der Waals surface area contributed by atoms with E-state index >= 15 is 0 Å².